The van der Waals surface area contributed by atoms with Gasteiger partial charge in [-0.2, -0.15) is 0 Å². The van der Waals surface area contributed by atoms with E-state index >= 15 is 0 Å². The molecular weight excluding hydrogens is 470 g/mol. The van der Waals surface area contributed by atoms with Crippen molar-refractivity contribution in [1.82, 2.24) is 4.90 Å². The molecule has 184 valence electrons. The lowest BCUT2D eigenvalue weighted by atomic mass is 9.94. The number of aliphatic hydroxyl groups is 1. The van der Waals surface area contributed by atoms with Gasteiger partial charge in [0, 0.05) is 12.1 Å². The lowest BCUT2D eigenvalue weighted by Gasteiger charge is -2.25. The molecule has 2 N–H and O–H groups in total. The summed E-state index contributed by atoms with van der Waals surface area (Å²) < 4.78 is 5.25. The molecule has 37 heavy (non-hydrogen) atoms. The number of rotatable bonds is 6. The SMILES string of the molecule is COc1ccc(C2/C(=C(/O)c3ccc4ccccc4c3)C(=O)C(=O)N2Cc2ccc(C(=O)O)cc2)cc1. The number of ether oxygens (including phenoxy) is 1. The summed E-state index contributed by atoms with van der Waals surface area (Å²) in [4.78, 5) is 39.2. The molecule has 0 aliphatic carbocycles. The van der Waals surface area contributed by atoms with Crippen LogP contribution in [0.3, 0.4) is 0 Å². The van der Waals surface area contributed by atoms with Gasteiger partial charge >= 0.3 is 5.97 Å². The monoisotopic (exact) mass is 493 g/mol. The largest absolute Gasteiger partial charge is 0.507 e. The molecule has 7 nitrogen and oxygen atoms in total. The highest BCUT2D eigenvalue weighted by Crippen LogP contribution is 2.41. The molecule has 0 radical (unpaired) electrons. The van der Waals surface area contributed by atoms with Gasteiger partial charge in [0.15, 0.2) is 0 Å². The molecule has 5 rings (SSSR count). The summed E-state index contributed by atoms with van der Waals surface area (Å²) in [5.41, 5.74) is 1.82. The van der Waals surface area contributed by atoms with Gasteiger partial charge in [-0.05, 0) is 52.2 Å². The lowest BCUT2D eigenvalue weighted by Crippen LogP contribution is -2.29. The molecule has 1 heterocycles. The second-order valence-electron chi connectivity index (χ2n) is 8.76. The van der Waals surface area contributed by atoms with Crippen molar-refractivity contribution in [2.75, 3.05) is 7.11 Å². The number of amides is 1. The molecule has 7 heteroatoms. The van der Waals surface area contributed by atoms with Gasteiger partial charge in [-0.15, -0.1) is 0 Å². The minimum Gasteiger partial charge on any atom is -0.507 e. The van der Waals surface area contributed by atoms with Crippen LogP contribution in [-0.2, 0) is 16.1 Å². The van der Waals surface area contributed by atoms with Crippen molar-refractivity contribution < 1.29 is 29.3 Å². The van der Waals surface area contributed by atoms with Crippen molar-refractivity contribution in [2.45, 2.75) is 12.6 Å². The van der Waals surface area contributed by atoms with Gasteiger partial charge in [0.2, 0.25) is 0 Å². The van der Waals surface area contributed by atoms with E-state index in [1.807, 2.05) is 30.3 Å². The van der Waals surface area contributed by atoms with E-state index < -0.39 is 23.7 Å². The number of carbonyl (C=O) groups is 3. The summed E-state index contributed by atoms with van der Waals surface area (Å²) in [6.07, 6.45) is 0. The third-order valence-corrected chi connectivity index (χ3v) is 6.55. The topological polar surface area (TPSA) is 104 Å². The number of hydrogen-bond acceptors (Lipinski definition) is 5. The van der Waals surface area contributed by atoms with E-state index in [9.17, 15) is 24.6 Å². The molecule has 1 aliphatic heterocycles. The summed E-state index contributed by atoms with van der Waals surface area (Å²) in [7, 11) is 1.54. The highest BCUT2D eigenvalue weighted by Gasteiger charge is 2.46. The number of carboxylic acid groups (broad SMARTS) is 1. The van der Waals surface area contributed by atoms with Crippen molar-refractivity contribution in [3.63, 3.8) is 0 Å². The molecule has 1 saturated heterocycles. The fourth-order valence-electron chi connectivity index (χ4n) is 4.62. The van der Waals surface area contributed by atoms with E-state index in [2.05, 4.69) is 0 Å². The van der Waals surface area contributed by atoms with Crippen LogP contribution in [0.25, 0.3) is 16.5 Å². The molecule has 1 unspecified atom stereocenters. The maximum absolute atomic E-state index is 13.3. The number of aliphatic hydroxyl groups excluding tert-OH is 1. The molecule has 0 bridgehead atoms. The number of carboxylic acids is 1. The Hall–Kier alpha value is -4.91. The summed E-state index contributed by atoms with van der Waals surface area (Å²) >= 11 is 0. The normalized spacial score (nSPS) is 16.8. The standard InChI is InChI=1S/C30H23NO6/c1-37-24-14-12-20(13-15-24)26-25(27(32)23-11-10-19-4-2-3-5-22(19)16-23)28(33)29(34)31(26)17-18-6-8-21(9-7-18)30(35)36/h2-16,26,32H,17H2,1H3,(H,35,36)/b27-25-. The molecule has 1 atom stereocenters. The van der Waals surface area contributed by atoms with Crippen LogP contribution in [0.15, 0.2) is 96.6 Å². The third kappa shape index (κ3) is 4.43. The van der Waals surface area contributed by atoms with Crippen molar-refractivity contribution in [3.05, 3.63) is 119 Å². The predicted octanol–water partition coefficient (Wildman–Crippen LogP) is 5.17. The Morgan fingerprint density at radius 2 is 1.49 bits per heavy atom. The van der Waals surface area contributed by atoms with Gasteiger partial charge in [-0.1, -0.05) is 60.7 Å². The molecular formula is C30H23NO6. The third-order valence-electron chi connectivity index (χ3n) is 6.55. The Morgan fingerprint density at radius 3 is 2.14 bits per heavy atom. The van der Waals surface area contributed by atoms with E-state index in [-0.39, 0.29) is 23.4 Å². The van der Waals surface area contributed by atoms with E-state index in [4.69, 9.17) is 4.74 Å². The number of Topliss-reactive ketones (excluding diaryl/α,β-unsaturated/α-hetero) is 1. The van der Waals surface area contributed by atoms with Gasteiger partial charge in [-0.25, -0.2) is 4.79 Å². The fraction of sp³-hybridized carbons (Fsp3) is 0.100. The summed E-state index contributed by atoms with van der Waals surface area (Å²) in [6.45, 7) is 0.0513. The van der Waals surface area contributed by atoms with E-state index in [0.717, 1.165) is 10.8 Å². The first-order valence-electron chi connectivity index (χ1n) is 11.6. The highest BCUT2D eigenvalue weighted by molar-refractivity contribution is 6.46. The number of hydrogen-bond donors (Lipinski definition) is 2. The van der Waals surface area contributed by atoms with Gasteiger partial charge in [0.05, 0.1) is 24.3 Å². The number of fused-ring (bicyclic) bond motifs is 1. The minimum atomic E-state index is -1.05. The number of likely N-dealkylation sites (tertiary alicyclic amines) is 1. The molecule has 0 spiro atoms. The Labute approximate surface area is 212 Å². The predicted molar refractivity (Wildman–Crippen MR) is 138 cm³/mol. The summed E-state index contributed by atoms with van der Waals surface area (Å²) in [5, 5.41) is 22.4. The number of nitrogens with zero attached hydrogens (tertiary/aromatic N) is 1. The maximum atomic E-state index is 13.3. The van der Waals surface area contributed by atoms with Crippen LogP contribution in [-0.4, -0.2) is 39.9 Å². The van der Waals surface area contributed by atoms with E-state index in [1.54, 1.807) is 55.6 Å². The van der Waals surface area contributed by atoms with Crippen molar-refractivity contribution in [3.8, 4) is 5.75 Å². The highest BCUT2D eigenvalue weighted by atomic mass is 16.5. The van der Waals surface area contributed by atoms with Crippen LogP contribution in [0.5, 0.6) is 5.75 Å². The molecule has 4 aromatic carbocycles. The average Bonchev–Trinajstić information content (AvgIpc) is 3.17. The molecule has 1 fully saturated rings. The summed E-state index contributed by atoms with van der Waals surface area (Å²) in [6, 6.07) is 25.3. The van der Waals surface area contributed by atoms with E-state index in [1.165, 1.54) is 17.0 Å². The number of aromatic carboxylic acids is 1. The van der Waals surface area contributed by atoms with Crippen LogP contribution >= 0.6 is 0 Å². The first-order chi connectivity index (χ1) is 17.9. The van der Waals surface area contributed by atoms with Gasteiger partial charge in [-0.3, -0.25) is 9.59 Å². The van der Waals surface area contributed by atoms with Crippen molar-refractivity contribution >= 4 is 34.2 Å². The molecule has 0 saturated carbocycles. The summed E-state index contributed by atoms with van der Waals surface area (Å²) in [5.74, 6) is -2.23. The second kappa shape index (κ2) is 9.62. The number of carbonyl (C=O) groups excluding carboxylic acids is 2. The van der Waals surface area contributed by atoms with Crippen molar-refractivity contribution in [1.29, 1.82) is 0 Å². The van der Waals surface area contributed by atoms with Crippen LogP contribution in [0.4, 0.5) is 0 Å². The average molecular weight is 494 g/mol. The first-order valence-corrected chi connectivity index (χ1v) is 11.6. The first kappa shape index (κ1) is 23.8. The smallest absolute Gasteiger partial charge is 0.335 e. The Morgan fingerprint density at radius 1 is 0.838 bits per heavy atom. The van der Waals surface area contributed by atoms with Crippen LogP contribution in [0.2, 0.25) is 0 Å². The minimum absolute atomic E-state index is 0.00685. The van der Waals surface area contributed by atoms with Crippen molar-refractivity contribution in [2.24, 2.45) is 0 Å². The van der Waals surface area contributed by atoms with Gasteiger partial charge in [0.1, 0.15) is 11.5 Å². The molecule has 0 aromatic heterocycles. The quantitative estimate of drug-likeness (QED) is 0.218. The van der Waals surface area contributed by atoms with Crippen LogP contribution < -0.4 is 4.74 Å². The van der Waals surface area contributed by atoms with Crippen LogP contribution in [0.1, 0.15) is 33.1 Å². The Kier molecular flexibility index (Phi) is 6.19. The molecule has 1 aliphatic rings. The van der Waals surface area contributed by atoms with Crippen LogP contribution in [0, 0.1) is 0 Å². The molecule has 1 amide bonds. The van der Waals surface area contributed by atoms with Gasteiger partial charge in [0.25, 0.3) is 11.7 Å². The van der Waals surface area contributed by atoms with E-state index in [0.29, 0.717) is 22.4 Å². The second-order valence-corrected chi connectivity index (χ2v) is 8.76. The zero-order valence-electron chi connectivity index (χ0n) is 19.9. The Bertz CT molecular complexity index is 1550. The fourth-order valence-corrected chi connectivity index (χ4v) is 4.62. The Balaban J connectivity index is 1.62. The zero-order chi connectivity index (χ0) is 26.1. The number of methoxy groups -OCH3 is 1. The number of benzene rings is 4. The molecule has 4 aromatic rings. The van der Waals surface area contributed by atoms with Gasteiger partial charge < -0.3 is 19.8 Å². The zero-order valence-corrected chi connectivity index (χ0v) is 19.9. The lowest BCUT2D eigenvalue weighted by molar-refractivity contribution is -0.140. The maximum Gasteiger partial charge on any atom is 0.335 e. The number of ketones is 1.